The van der Waals surface area contributed by atoms with Gasteiger partial charge in [-0.05, 0) is 31.0 Å². The molecule has 1 aliphatic rings. The number of anilines is 1. The predicted molar refractivity (Wildman–Crippen MR) is 64.4 cm³/mol. The summed E-state index contributed by atoms with van der Waals surface area (Å²) in [5, 5.41) is 3.66. The van der Waals surface area contributed by atoms with Gasteiger partial charge in [0.25, 0.3) is 0 Å². The van der Waals surface area contributed by atoms with Gasteiger partial charge in [-0.3, -0.25) is 4.79 Å². The lowest BCUT2D eigenvalue weighted by Crippen LogP contribution is -2.23. The number of hydrazone groups is 1. The first-order valence-electron chi connectivity index (χ1n) is 5.37. The highest BCUT2D eigenvalue weighted by Crippen LogP contribution is 2.22. The van der Waals surface area contributed by atoms with Gasteiger partial charge >= 0.3 is 0 Å². The van der Waals surface area contributed by atoms with Crippen LogP contribution in [0.1, 0.15) is 25.3 Å². The molecule has 2 N–H and O–H groups in total. The average molecular weight is 217 g/mol. The summed E-state index contributed by atoms with van der Waals surface area (Å²) in [6.07, 6.45) is 1.58. The molecule has 0 saturated carbocycles. The quantitative estimate of drug-likeness (QED) is 0.463. The molecule has 0 atom stereocenters. The second-order valence-corrected chi connectivity index (χ2v) is 3.91. The van der Waals surface area contributed by atoms with Crippen LogP contribution in [-0.2, 0) is 4.79 Å². The molecule has 0 spiro atoms. The summed E-state index contributed by atoms with van der Waals surface area (Å²) >= 11 is 0. The molecule has 0 unspecified atom stereocenters. The van der Waals surface area contributed by atoms with Crippen molar-refractivity contribution < 1.29 is 4.79 Å². The number of carbonyl (C=O) groups is 1. The van der Waals surface area contributed by atoms with Crippen molar-refractivity contribution in [2.45, 2.75) is 19.8 Å². The van der Waals surface area contributed by atoms with Gasteiger partial charge in [0.05, 0.1) is 5.71 Å². The Morgan fingerprint density at radius 3 is 2.94 bits per heavy atom. The number of nitrogens with zero attached hydrogens (tertiary/aromatic N) is 2. The Morgan fingerprint density at radius 2 is 2.31 bits per heavy atom. The van der Waals surface area contributed by atoms with E-state index in [2.05, 4.69) is 5.10 Å². The summed E-state index contributed by atoms with van der Waals surface area (Å²) in [5.74, 6) is 5.44. The van der Waals surface area contributed by atoms with Gasteiger partial charge in [-0.15, -0.1) is 0 Å². The molecule has 0 aliphatic carbocycles. The predicted octanol–water partition coefficient (Wildman–Crippen LogP) is 1.50. The number of carbonyl (C=O) groups excluding carboxylic acids is 1. The normalized spacial score (nSPS) is 16.9. The maximum absolute atomic E-state index is 11.6. The molecule has 1 saturated heterocycles. The fraction of sp³-hybridized carbons (Fsp3) is 0.333. The van der Waals surface area contributed by atoms with Gasteiger partial charge in [0.2, 0.25) is 5.91 Å². The van der Waals surface area contributed by atoms with E-state index in [1.165, 1.54) is 0 Å². The molecule has 1 aromatic rings. The highest BCUT2D eigenvalue weighted by molar-refractivity contribution is 6.01. The van der Waals surface area contributed by atoms with E-state index in [4.69, 9.17) is 5.84 Å². The molecule has 4 nitrogen and oxygen atoms in total. The third-order valence-electron chi connectivity index (χ3n) is 2.84. The monoisotopic (exact) mass is 217 g/mol. The molecule has 1 amide bonds. The minimum Gasteiger partial charge on any atom is -0.323 e. The Balaban J connectivity index is 2.32. The highest BCUT2D eigenvalue weighted by atomic mass is 16.2. The first-order valence-corrected chi connectivity index (χ1v) is 5.37. The van der Waals surface area contributed by atoms with Crippen LogP contribution in [0.15, 0.2) is 29.4 Å². The largest absolute Gasteiger partial charge is 0.323 e. The van der Waals surface area contributed by atoms with E-state index >= 15 is 0 Å². The van der Waals surface area contributed by atoms with E-state index in [9.17, 15) is 4.79 Å². The molecule has 4 heteroatoms. The fourth-order valence-electron chi connectivity index (χ4n) is 1.89. The van der Waals surface area contributed by atoms with Crippen LogP contribution in [0, 0.1) is 0 Å². The van der Waals surface area contributed by atoms with Crippen molar-refractivity contribution in [2.24, 2.45) is 10.9 Å². The number of rotatable bonds is 2. The topological polar surface area (TPSA) is 58.7 Å². The summed E-state index contributed by atoms with van der Waals surface area (Å²) in [6.45, 7) is 2.66. The van der Waals surface area contributed by atoms with Gasteiger partial charge in [-0.25, -0.2) is 0 Å². The Kier molecular flexibility index (Phi) is 2.90. The molecule has 1 heterocycles. The molecule has 2 rings (SSSR count). The zero-order valence-electron chi connectivity index (χ0n) is 9.31. The molecule has 0 bridgehead atoms. The zero-order chi connectivity index (χ0) is 11.5. The number of nitrogens with two attached hydrogens (primary N) is 1. The van der Waals surface area contributed by atoms with Gasteiger partial charge in [0, 0.05) is 18.7 Å². The van der Waals surface area contributed by atoms with Gasteiger partial charge in [-0.2, -0.15) is 5.10 Å². The second kappa shape index (κ2) is 4.35. The second-order valence-electron chi connectivity index (χ2n) is 3.91. The van der Waals surface area contributed by atoms with E-state index < -0.39 is 0 Å². The Hall–Kier alpha value is -1.84. The van der Waals surface area contributed by atoms with E-state index in [0.717, 1.165) is 29.9 Å². The first kappa shape index (κ1) is 10.7. The van der Waals surface area contributed by atoms with Gasteiger partial charge in [0.15, 0.2) is 0 Å². The Labute approximate surface area is 94.7 Å². The molecular weight excluding hydrogens is 202 g/mol. The smallest absolute Gasteiger partial charge is 0.227 e. The van der Waals surface area contributed by atoms with Crippen molar-refractivity contribution in [1.82, 2.24) is 0 Å². The third kappa shape index (κ3) is 1.91. The third-order valence-corrected chi connectivity index (χ3v) is 2.84. The van der Waals surface area contributed by atoms with Crippen molar-refractivity contribution in [2.75, 3.05) is 11.4 Å². The number of benzene rings is 1. The maximum Gasteiger partial charge on any atom is 0.227 e. The lowest BCUT2D eigenvalue weighted by atomic mass is 10.1. The van der Waals surface area contributed by atoms with Crippen LogP contribution in [0.4, 0.5) is 5.69 Å². The fourth-order valence-corrected chi connectivity index (χ4v) is 1.89. The van der Waals surface area contributed by atoms with E-state index in [-0.39, 0.29) is 5.91 Å². The molecule has 0 radical (unpaired) electrons. The van der Waals surface area contributed by atoms with Crippen LogP contribution in [0.5, 0.6) is 0 Å². The van der Waals surface area contributed by atoms with Crippen LogP contribution in [0.25, 0.3) is 0 Å². The van der Waals surface area contributed by atoms with Crippen LogP contribution in [-0.4, -0.2) is 18.2 Å². The van der Waals surface area contributed by atoms with Crippen LogP contribution in [0.3, 0.4) is 0 Å². The van der Waals surface area contributed by atoms with Crippen LogP contribution >= 0.6 is 0 Å². The summed E-state index contributed by atoms with van der Waals surface area (Å²) < 4.78 is 0. The molecule has 1 aromatic carbocycles. The van der Waals surface area contributed by atoms with Crippen molar-refractivity contribution in [3.63, 3.8) is 0 Å². The zero-order valence-corrected chi connectivity index (χ0v) is 9.31. The van der Waals surface area contributed by atoms with Gasteiger partial charge < -0.3 is 10.7 Å². The molecule has 16 heavy (non-hydrogen) atoms. The molecule has 1 aliphatic heterocycles. The van der Waals surface area contributed by atoms with Crippen molar-refractivity contribution in [3.8, 4) is 0 Å². The summed E-state index contributed by atoms with van der Waals surface area (Å²) in [7, 11) is 0. The number of hydrogen-bond acceptors (Lipinski definition) is 3. The number of amides is 1. The Morgan fingerprint density at radius 1 is 1.50 bits per heavy atom. The first-order chi connectivity index (χ1) is 7.72. The summed E-state index contributed by atoms with van der Waals surface area (Å²) in [6, 6.07) is 7.76. The SMILES string of the molecule is C/C(=N/N)c1cccc(N2CCCC2=O)c1. The Bertz CT molecular complexity index is 440. The highest BCUT2D eigenvalue weighted by Gasteiger charge is 2.21. The lowest BCUT2D eigenvalue weighted by molar-refractivity contribution is -0.117. The number of hydrogen-bond donors (Lipinski definition) is 1. The maximum atomic E-state index is 11.6. The summed E-state index contributed by atoms with van der Waals surface area (Å²) in [4.78, 5) is 13.4. The minimum atomic E-state index is 0.194. The minimum absolute atomic E-state index is 0.194. The van der Waals surface area contributed by atoms with Crippen LogP contribution in [0.2, 0.25) is 0 Å². The molecule has 84 valence electrons. The average Bonchev–Trinajstić information content (AvgIpc) is 2.74. The van der Waals surface area contributed by atoms with E-state index in [1.807, 2.05) is 36.1 Å². The van der Waals surface area contributed by atoms with Crippen LogP contribution < -0.4 is 10.7 Å². The van der Waals surface area contributed by atoms with Crippen molar-refractivity contribution in [1.29, 1.82) is 0 Å². The van der Waals surface area contributed by atoms with Crippen molar-refractivity contribution in [3.05, 3.63) is 29.8 Å². The molecule has 0 aromatic heterocycles. The van der Waals surface area contributed by atoms with Gasteiger partial charge in [0.1, 0.15) is 0 Å². The standard InChI is InChI=1S/C12H15N3O/c1-9(14-13)10-4-2-5-11(8-10)15-7-3-6-12(15)16/h2,4-5,8H,3,6-7,13H2,1H3/b14-9-. The molecule has 1 fully saturated rings. The van der Waals surface area contributed by atoms with E-state index in [0.29, 0.717) is 6.42 Å². The van der Waals surface area contributed by atoms with E-state index in [1.54, 1.807) is 0 Å². The van der Waals surface area contributed by atoms with Gasteiger partial charge in [-0.1, -0.05) is 12.1 Å². The van der Waals surface area contributed by atoms with Crippen molar-refractivity contribution >= 4 is 17.3 Å². The molecular formula is C12H15N3O. The summed E-state index contributed by atoms with van der Waals surface area (Å²) in [5.41, 5.74) is 2.66. The lowest BCUT2D eigenvalue weighted by Gasteiger charge is -2.16.